The second-order valence-electron chi connectivity index (χ2n) is 4.67. The fraction of sp³-hybridized carbons (Fsp3) is 0.200. The minimum atomic E-state index is -3.52. The molecule has 3 N–H and O–H groups in total. The van der Waals surface area contributed by atoms with Gasteiger partial charge in [0.2, 0.25) is 10.0 Å². The Bertz CT molecular complexity index is 667. The van der Waals surface area contributed by atoms with E-state index in [2.05, 4.69) is 4.72 Å². The lowest BCUT2D eigenvalue weighted by Crippen LogP contribution is -2.23. The van der Waals surface area contributed by atoms with Gasteiger partial charge in [0.25, 0.3) is 0 Å². The molecule has 0 spiro atoms. The summed E-state index contributed by atoms with van der Waals surface area (Å²) in [6.07, 6.45) is 0. The Labute approximate surface area is 119 Å². The van der Waals surface area contributed by atoms with E-state index in [1.165, 1.54) is 0 Å². The molecule has 0 aromatic heterocycles. The summed E-state index contributed by atoms with van der Waals surface area (Å²) in [6, 6.07) is 15.9. The molecule has 0 radical (unpaired) electrons. The predicted molar refractivity (Wildman–Crippen MR) is 79.5 cm³/mol. The van der Waals surface area contributed by atoms with Gasteiger partial charge in [-0.3, -0.25) is 0 Å². The Balaban J connectivity index is 2.16. The van der Waals surface area contributed by atoms with Crippen molar-refractivity contribution in [1.29, 1.82) is 0 Å². The standard InChI is InChI=1S/C15H18N2O2S/c1-12(16)14-8-5-9-15(10-14)20(18,19)17-11-13-6-3-2-4-7-13/h2-10,12,17H,11,16H2,1H3. The fourth-order valence-corrected chi connectivity index (χ4v) is 2.89. The van der Waals surface area contributed by atoms with Crippen LogP contribution < -0.4 is 10.5 Å². The Hall–Kier alpha value is -1.69. The number of hydrogen-bond acceptors (Lipinski definition) is 3. The van der Waals surface area contributed by atoms with Crippen LogP contribution >= 0.6 is 0 Å². The molecule has 20 heavy (non-hydrogen) atoms. The minimum absolute atomic E-state index is 0.195. The zero-order valence-electron chi connectivity index (χ0n) is 11.3. The van der Waals surface area contributed by atoms with E-state index in [0.717, 1.165) is 11.1 Å². The maximum Gasteiger partial charge on any atom is 0.240 e. The van der Waals surface area contributed by atoms with Crippen LogP contribution in [-0.2, 0) is 16.6 Å². The van der Waals surface area contributed by atoms with Crippen LogP contribution in [0.5, 0.6) is 0 Å². The average molecular weight is 290 g/mol. The molecule has 4 nitrogen and oxygen atoms in total. The number of nitrogens with one attached hydrogen (secondary N) is 1. The monoisotopic (exact) mass is 290 g/mol. The molecule has 0 amide bonds. The van der Waals surface area contributed by atoms with Crippen LogP contribution in [0.4, 0.5) is 0 Å². The maximum atomic E-state index is 12.2. The van der Waals surface area contributed by atoms with Crippen molar-refractivity contribution in [3.8, 4) is 0 Å². The van der Waals surface area contributed by atoms with Crippen LogP contribution in [-0.4, -0.2) is 8.42 Å². The molecule has 0 aliphatic rings. The molecule has 0 bridgehead atoms. The van der Waals surface area contributed by atoms with E-state index in [9.17, 15) is 8.42 Å². The molecule has 0 aliphatic heterocycles. The predicted octanol–water partition coefficient (Wildman–Crippen LogP) is 2.18. The van der Waals surface area contributed by atoms with E-state index in [0.29, 0.717) is 0 Å². The van der Waals surface area contributed by atoms with Gasteiger partial charge in [-0.25, -0.2) is 13.1 Å². The molecule has 0 saturated carbocycles. The van der Waals surface area contributed by atoms with Gasteiger partial charge in [0.1, 0.15) is 0 Å². The highest BCUT2D eigenvalue weighted by atomic mass is 32.2. The number of nitrogens with two attached hydrogens (primary N) is 1. The molecule has 1 unspecified atom stereocenters. The van der Waals surface area contributed by atoms with E-state index >= 15 is 0 Å². The van der Waals surface area contributed by atoms with Crippen molar-refractivity contribution in [1.82, 2.24) is 4.72 Å². The smallest absolute Gasteiger partial charge is 0.240 e. The number of benzene rings is 2. The first-order valence-corrected chi connectivity index (χ1v) is 7.86. The topological polar surface area (TPSA) is 72.2 Å². The highest BCUT2D eigenvalue weighted by Gasteiger charge is 2.14. The highest BCUT2D eigenvalue weighted by Crippen LogP contribution is 2.16. The number of hydrogen-bond donors (Lipinski definition) is 2. The van der Waals surface area contributed by atoms with E-state index in [-0.39, 0.29) is 17.5 Å². The average Bonchev–Trinajstić information content (AvgIpc) is 2.46. The molecular formula is C15H18N2O2S. The van der Waals surface area contributed by atoms with Gasteiger partial charge in [-0.15, -0.1) is 0 Å². The zero-order valence-corrected chi connectivity index (χ0v) is 12.1. The van der Waals surface area contributed by atoms with Crippen molar-refractivity contribution in [2.24, 2.45) is 5.73 Å². The molecular weight excluding hydrogens is 272 g/mol. The highest BCUT2D eigenvalue weighted by molar-refractivity contribution is 7.89. The lowest BCUT2D eigenvalue weighted by Gasteiger charge is -2.10. The summed E-state index contributed by atoms with van der Waals surface area (Å²) in [5, 5.41) is 0. The fourth-order valence-electron chi connectivity index (χ4n) is 1.82. The molecule has 0 aliphatic carbocycles. The second-order valence-corrected chi connectivity index (χ2v) is 6.44. The third kappa shape index (κ3) is 3.66. The summed E-state index contributed by atoms with van der Waals surface area (Å²) in [4.78, 5) is 0.239. The van der Waals surface area contributed by atoms with Crippen molar-refractivity contribution in [2.75, 3.05) is 0 Å². The summed E-state index contributed by atoms with van der Waals surface area (Å²) < 4.78 is 27.0. The van der Waals surface area contributed by atoms with E-state index < -0.39 is 10.0 Å². The molecule has 0 heterocycles. The Morgan fingerprint density at radius 3 is 2.45 bits per heavy atom. The van der Waals surface area contributed by atoms with Gasteiger partial charge in [0.15, 0.2) is 0 Å². The Morgan fingerprint density at radius 2 is 1.80 bits per heavy atom. The molecule has 2 aromatic rings. The van der Waals surface area contributed by atoms with Crippen molar-refractivity contribution in [2.45, 2.75) is 24.4 Å². The summed E-state index contributed by atoms with van der Waals surface area (Å²) in [6.45, 7) is 2.09. The molecule has 106 valence electrons. The molecule has 0 saturated heterocycles. The Kier molecular flexibility index (Phi) is 4.54. The SMILES string of the molecule is CC(N)c1cccc(S(=O)(=O)NCc2ccccc2)c1. The van der Waals surface area contributed by atoms with Crippen LogP contribution in [0.25, 0.3) is 0 Å². The van der Waals surface area contributed by atoms with Gasteiger partial charge in [-0.05, 0) is 30.2 Å². The van der Waals surface area contributed by atoms with E-state index in [1.807, 2.05) is 43.3 Å². The third-order valence-electron chi connectivity index (χ3n) is 3.00. The van der Waals surface area contributed by atoms with Crippen LogP contribution in [0.1, 0.15) is 24.1 Å². The molecule has 2 rings (SSSR count). The summed E-state index contributed by atoms with van der Waals surface area (Å²) in [5.74, 6) is 0. The quantitative estimate of drug-likeness (QED) is 0.886. The molecule has 5 heteroatoms. The summed E-state index contributed by atoms with van der Waals surface area (Å²) >= 11 is 0. The maximum absolute atomic E-state index is 12.2. The van der Waals surface area contributed by atoms with Crippen LogP contribution in [0, 0.1) is 0 Å². The zero-order chi connectivity index (χ0) is 14.6. The second kappa shape index (κ2) is 6.17. The first-order valence-electron chi connectivity index (χ1n) is 6.38. The number of rotatable bonds is 5. The normalized spacial score (nSPS) is 13.1. The first kappa shape index (κ1) is 14.7. The van der Waals surface area contributed by atoms with Crippen molar-refractivity contribution in [3.63, 3.8) is 0 Å². The van der Waals surface area contributed by atoms with Crippen molar-refractivity contribution >= 4 is 10.0 Å². The number of sulfonamides is 1. The molecule has 0 fully saturated rings. The van der Waals surface area contributed by atoms with Crippen LogP contribution in [0.15, 0.2) is 59.5 Å². The van der Waals surface area contributed by atoms with Crippen LogP contribution in [0.2, 0.25) is 0 Å². The third-order valence-corrected chi connectivity index (χ3v) is 4.40. The van der Waals surface area contributed by atoms with Crippen molar-refractivity contribution in [3.05, 3.63) is 65.7 Å². The lowest BCUT2D eigenvalue weighted by atomic mass is 10.1. The Morgan fingerprint density at radius 1 is 1.10 bits per heavy atom. The molecule has 1 atom stereocenters. The van der Waals surface area contributed by atoms with Gasteiger partial charge < -0.3 is 5.73 Å². The summed E-state index contributed by atoms with van der Waals surface area (Å²) in [5.41, 5.74) is 7.49. The minimum Gasteiger partial charge on any atom is -0.324 e. The van der Waals surface area contributed by atoms with E-state index in [4.69, 9.17) is 5.73 Å². The van der Waals surface area contributed by atoms with Gasteiger partial charge in [0.05, 0.1) is 4.90 Å². The summed E-state index contributed by atoms with van der Waals surface area (Å²) in [7, 11) is -3.52. The van der Waals surface area contributed by atoms with E-state index in [1.54, 1.807) is 18.2 Å². The largest absolute Gasteiger partial charge is 0.324 e. The van der Waals surface area contributed by atoms with Gasteiger partial charge in [0, 0.05) is 12.6 Å². The van der Waals surface area contributed by atoms with Crippen molar-refractivity contribution < 1.29 is 8.42 Å². The van der Waals surface area contributed by atoms with Crippen LogP contribution in [0.3, 0.4) is 0 Å². The van der Waals surface area contributed by atoms with Gasteiger partial charge >= 0.3 is 0 Å². The van der Waals surface area contributed by atoms with Gasteiger partial charge in [-0.1, -0.05) is 42.5 Å². The first-order chi connectivity index (χ1) is 9.49. The molecule has 2 aromatic carbocycles. The lowest BCUT2D eigenvalue weighted by molar-refractivity contribution is 0.581. The van der Waals surface area contributed by atoms with Gasteiger partial charge in [-0.2, -0.15) is 0 Å².